The van der Waals surface area contributed by atoms with Gasteiger partial charge in [-0.25, -0.2) is 4.79 Å². The summed E-state index contributed by atoms with van der Waals surface area (Å²) >= 11 is 0. The number of unbranched alkanes of at least 4 members (excludes halogenated alkanes) is 1. The summed E-state index contributed by atoms with van der Waals surface area (Å²) in [6.45, 7) is 4.34. The highest BCUT2D eigenvalue weighted by Crippen LogP contribution is 2.52. The van der Waals surface area contributed by atoms with Gasteiger partial charge in [-0.15, -0.1) is 0 Å². The van der Waals surface area contributed by atoms with Gasteiger partial charge in [0, 0.05) is 43.3 Å². The number of ether oxygens (including phenoxy) is 1. The molecule has 1 heterocycles. The SMILES string of the molecule is O=C(NC1CCCC1)OC1(CCCCN2CCN(C(=O)Cc3ccccc3)CC2)c2ccccc2-c2ccccc21. The topological polar surface area (TPSA) is 61.9 Å². The van der Waals surface area contributed by atoms with E-state index in [2.05, 4.69) is 58.7 Å². The molecule has 0 bridgehead atoms. The normalized spacial score (nSPS) is 18.1. The Kier molecular flexibility index (Phi) is 8.38. The van der Waals surface area contributed by atoms with Gasteiger partial charge in [-0.2, -0.15) is 0 Å². The fourth-order valence-corrected chi connectivity index (χ4v) is 6.95. The Bertz CT molecular complexity index is 1300. The van der Waals surface area contributed by atoms with Crippen molar-refractivity contribution in [3.8, 4) is 11.1 Å². The Balaban J connectivity index is 1.08. The van der Waals surface area contributed by atoms with Crippen molar-refractivity contribution < 1.29 is 14.3 Å². The van der Waals surface area contributed by atoms with E-state index in [0.29, 0.717) is 6.42 Å². The van der Waals surface area contributed by atoms with E-state index in [9.17, 15) is 9.59 Å². The molecule has 2 fully saturated rings. The van der Waals surface area contributed by atoms with Crippen LogP contribution in [0.1, 0.15) is 61.6 Å². The number of benzene rings is 3. The molecule has 1 aliphatic heterocycles. The number of hydrogen-bond donors (Lipinski definition) is 1. The maximum absolute atomic E-state index is 13.3. The summed E-state index contributed by atoms with van der Waals surface area (Å²) in [5.74, 6) is 0.212. The number of piperazine rings is 1. The Morgan fingerprint density at radius 1 is 0.780 bits per heavy atom. The average Bonchev–Trinajstić information content (AvgIpc) is 3.61. The molecule has 0 unspecified atom stereocenters. The minimum atomic E-state index is -0.779. The second-order valence-corrected chi connectivity index (χ2v) is 11.8. The van der Waals surface area contributed by atoms with Crippen LogP contribution in [0.4, 0.5) is 4.79 Å². The van der Waals surface area contributed by atoms with E-state index in [1.54, 1.807) is 0 Å². The number of rotatable bonds is 9. The van der Waals surface area contributed by atoms with E-state index >= 15 is 0 Å². The molecule has 3 aromatic carbocycles. The maximum atomic E-state index is 13.3. The highest BCUT2D eigenvalue weighted by molar-refractivity contribution is 5.82. The van der Waals surface area contributed by atoms with Crippen molar-refractivity contribution in [3.63, 3.8) is 0 Å². The highest BCUT2D eigenvalue weighted by atomic mass is 16.6. The van der Waals surface area contributed by atoms with Crippen LogP contribution in [0.3, 0.4) is 0 Å². The minimum absolute atomic E-state index is 0.212. The number of fused-ring (bicyclic) bond motifs is 3. The predicted molar refractivity (Wildman–Crippen MR) is 162 cm³/mol. The first-order chi connectivity index (χ1) is 20.1. The maximum Gasteiger partial charge on any atom is 0.408 e. The fraction of sp³-hybridized carbons (Fsp3) is 0.429. The second-order valence-electron chi connectivity index (χ2n) is 11.8. The quantitative estimate of drug-likeness (QED) is 0.325. The molecule has 1 saturated heterocycles. The first-order valence-corrected chi connectivity index (χ1v) is 15.4. The van der Waals surface area contributed by atoms with E-state index in [-0.39, 0.29) is 18.0 Å². The molecule has 0 spiro atoms. The smallest absolute Gasteiger partial charge is 0.408 e. The standard InChI is InChI=1S/C35H41N3O3/c39-33(26-27-12-2-1-3-13-27)38-24-22-37(23-25-38)21-11-10-20-35(41-34(40)36-28-14-4-5-15-28)31-18-8-6-16-29(31)30-17-7-9-19-32(30)35/h1-3,6-9,12-13,16-19,28H,4-5,10-11,14-15,20-26H2,(H,36,40). The van der Waals surface area contributed by atoms with Gasteiger partial charge >= 0.3 is 6.09 Å². The third kappa shape index (κ3) is 6.03. The van der Waals surface area contributed by atoms with Gasteiger partial charge in [-0.05, 0) is 55.3 Å². The van der Waals surface area contributed by atoms with Gasteiger partial charge < -0.3 is 15.0 Å². The van der Waals surface area contributed by atoms with Crippen molar-refractivity contribution in [1.82, 2.24) is 15.1 Å². The van der Waals surface area contributed by atoms with Crippen LogP contribution >= 0.6 is 0 Å². The lowest BCUT2D eigenvalue weighted by atomic mass is 9.86. The zero-order valence-corrected chi connectivity index (χ0v) is 23.9. The zero-order valence-electron chi connectivity index (χ0n) is 23.9. The van der Waals surface area contributed by atoms with Gasteiger partial charge in [-0.1, -0.05) is 91.7 Å². The predicted octanol–water partition coefficient (Wildman–Crippen LogP) is 6.14. The van der Waals surface area contributed by atoms with Crippen molar-refractivity contribution in [2.24, 2.45) is 0 Å². The summed E-state index contributed by atoms with van der Waals surface area (Å²) in [7, 11) is 0. The number of nitrogens with zero attached hydrogens (tertiary/aromatic N) is 2. The lowest BCUT2D eigenvalue weighted by molar-refractivity contribution is -0.132. The van der Waals surface area contributed by atoms with Crippen LogP contribution in [-0.4, -0.2) is 60.6 Å². The van der Waals surface area contributed by atoms with Gasteiger partial charge in [0.2, 0.25) is 5.91 Å². The Labute approximate surface area is 243 Å². The average molecular weight is 552 g/mol. The molecular formula is C35H41N3O3. The number of hydrogen-bond acceptors (Lipinski definition) is 4. The molecule has 1 N–H and O–H groups in total. The molecule has 6 nitrogen and oxygen atoms in total. The van der Waals surface area contributed by atoms with Crippen molar-refractivity contribution in [2.75, 3.05) is 32.7 Å². The summed E-state index contributed by atoms with van der Waals surface area (Å²) in [5.41, 5.74) is 4.80. The van der Waals surface area contributed by atoms with Crippen molar-refractivity contribution in [2.45, 2.75) is 63.0 Å². The molecule has 214 valence electrons. The largest absolute Gasteiger partial charge is 0.433 e. The van der Waals surface area contributed by atoms with E-state index < -0.39 is 5.60 Å². The van der Waals surface area contributed by atoms with Crippen molar-refractivity contribution >= 4 is 12.0 Å². The molecule has 0 aromatic heterocycles. The number of carbonyl (C=O) groups excluding carboxylic acids is 2. The van der Waals surface area contributed by atoms with Crippen LogP contribution in [0.15, 0.2) is 78.9 Å². The molecule has 3 aromatic rings. The van der Waals surface area contributed by atoms with Crippen LogP contribution in [0.2, 0.25) is 0 Å². The monoisotopic (exact) mass is 551 g/mol. The summed E-state index contributed by atoms with van der Waals surface area (Å²) in [5, 5.41) is 3.16. The van der Waals surface area contributed by atoms with Crippen molar-refractivity contribution in [1.29, 1.82) is 0 Å². The van der Waals surface area contributed by atoms with Gasteiger partial charge in [0.15, 0.2) is 5.60 Å². The molecule has 6 rings (SSSR count). The summed E-state index contributed by atoms with van der Waals surface area (Å²) in [6.07, 6.45) is 7.24. The van der Waals surface area contributed by atoms with E-state index in [4.69, 9.17) is 4.74 Å². The minimum Gasteiger partial charge on any atom is -0.433 e. The Morgan fingerprint density at radius 2 is 1.39 bits per heavy atom. The molecule has 1 saturated carbocycles. The molecule has 2 aliphatic carbocycles. The molecule has 0 radical (unpaired) electrons. The lowest BCUT2D eigenvalue weighted by Crippen LogP contribution is -2.49. The lowest BCUT2D eigenvalue weighted by Gasteiger charge is -2.35. The van der Waals surface area contributed by atoms with Crippen LogP contribution in [0.25, 0.3) is 11.1 Å². The molecular weight excluding hydrogens is 510 g/mol. The number of nitrogens with one attached hydrogen (secondary N) is 1. The third-order valence-corrected chi connectivity index (χ3v) is 9.13. The van der Waals surface area contributed by atoms with Crippen molar-refractivity contribution in [3.05, 3.63) is 95.6 Å². The van der Waals surface area contributed by atoms with Crippen LogP contribution < -0.4 is 5.32 Å². The molecule has 0 atom stereocenters. The van der Waals surface area contributed by atoms with E-state index in [1.807, 2.05) is 35.2 Å². The van der Waals surface area contributed by atoms with E-state index in [0.717, 1.165) is 105 Å². The number of alkyl carbamates (subject to hydrolysis) is 1. The van der Waals surface area contributed by atoms with Gasteiger partial charge in [0.25, 0.3) is 0 Å². The first kappa shape index (κ1) is 27.5. The van der Waals surface area contributed by atoms with Gasteiger partial charge in [0.1, 0.15) is 0 Å². The van der Waals surface area contributed by atoms with Crippen LogP contribution in [0, 0.1) is 0 Å². The Hall–Kier alpha value is -3.64. The summed E-state index contributed by atoms with van der Waals surface area (Å²) < 4.78 is 6.49. The summed E-state index contributed by atoms with van der Waals surface area (Å²) in [4.78, 5) is 30.5. The van der Waals surface area contributed by atoms with Crippen LogP contribution in [0.5, 0.6) is 0 Å². The molecule has 3 aliphatic rings. The second kappa shape index (κ2) is 12.5. The third-order valence-electron chi connectivity index (χ3n) is 9.13. The summed E-state index contributed by atoms with van der Waals surface area (Å²) in [6, 6.07) is 27.0. The van der Waals surface area contributed by atoms with Gasteiger partial charge in [0.05, 0.1) is 6.42 Å². The molecule has 2 amide bonds. The highest BCUT2D eigenvalue weighted by Gasteiger charge is 2.46. The zero-order chi connectivity index (χ0) is 28.1. The number of amides is 2. The number of carbonyl (C=O) groups is 2. The van der Waals surface area contributed by atoms with E-state index in [1.165, 1.54) is 0 Å². The fourth-order valence-electron chi connectivity index (χ4n) is 6.95. The molecule has 6 heteroatoms. The van der Waals surface area contributed by atoms with Crippen LogP contribution in [-0.2, 0) is 21.6 Å². The Morgan fingerprint density at radius 3 is 2.05 bits per heavy atom. The van der Waals surface area contributed by atoms with Gasteiger partial charge in [-0.3, -0.25) is 9.69 Å². The first-order valence-electron chi connectivity index (χ1n) is 15.4. The molecule has 41 heavy (non-hydrogen) atoms.